The molecule has 180 valence electrons. The first-order valence-electron chi connectivity index (χ1n) is 11.3. The van der Waals surface area contributed by atoms with Crippen LogP contribution in [-0.2, 0) is 16.1 Å². The van der Waals surface area contributed by atoms with E-state index in [1.165, 1.54) is 4.90 Å². The van der Waals surface area contributed by atoms with Gasteiger partial charge in [-0.3, -0.25) is 9.69 Å². The lowest BCUT2D eigenvalue weighted by molar-refractivity contribution is -0.118. The van der Waals surface area contributed by atoms with Crippen LogP contribution in [0.5, 0.6) is 11.6 Å². The number of amides is 2. The van der Waals surface area contributed by atoms with Crippen molar-refractivity contribution in [1.29, 1.82) is 0 Å². The Morgan fingerprint density at radius 2 is 2.06 bits per heavy atom. The Hall–Kier alpha value is -4.18. The molecule has 0 saturated carbocycles. The lowest BCUT2D eigenvalue weighted by Crippen LogP contribution is -2.29. The van der Waals surface area contributed by atoms with Crippen LogP contribution in [0.25, 0.3) is 11.1 Å². The van der Waals surface area contributed by atoms with E-state index in [0.29, 0.717) is 49.3 Å². The van der Waals surface area contributed by atoms with Gasteiger partial charge in [0.1, 0.15) is 11.9 Å². The quantitative estimate of drug-likeness (QED) is 0.478. The summed E-state index contributed by atoms with van der Waals surface area (Å²) in [5, 5.41) is 6.07. The summed E-state index contributed by atoms with van der Waals surface area (Å²) in [7, 11) is 1.60. The van der Waals surface area contributed by atoms with Crippen molar-refractivity contribution in [2.45, 2.75) is 19.1 Å². The largest absolute Gasteiger partial charge is 0.481 e. The third kappa shape index (κ3) is 5.17. The molecule has 10 heteroatoms. The summed E-state index contributed by atoms with van der Waals surface area (Å²) in [6.45, 7) is 1.71. The molecule has 2 aliphatic heterocycles. The van der Waals surface area contributed by atoms with Crippen LogP contribution in [0.2, 0.25) is 0 Å². The summed E-state index contributed by atoms with van der Waals surface area (Å²) >= 11 is 0. The first-order valence-corrected chi connectivity index (χ1v) is 11.3. The number of nitrogens with zero attached hydrogens (tertiary/aromatic N) is 3. The van der Waals surface area contributed by atoms with Gasteiger partial charge in [-0.1, -0.05) is 18.2 Å². The van der Waals surface area contributed by atoms with Crippen LogP contribution >= 0.6 is 0 Å². The zero-order chi connectivity index (χ0) is 24.2. The van der Waals surface area contributed by atoms with Crippen LogP contribution < -0.4 is 25.0 Å². The molecule has 2 aliphatic rings. The van der Waals surface area contributed by atoms with Crippen molar-refractivity contribution in [2.75, 3.05) is 37.0 Å². The number of hydrogen-bond acceptors (Lipinski definition) is 8. The number of cyclic esters (lactones) is 1. The Morgan fingerprint density at radius 1 is 1.17 bits per heavy atom. The molecule has 10 nitrogen and oxygen atoms in total. The molecule has 4 heterocycles. The van der Waals surface area contributed by atoms with Crippen molar-refractivity contribution < 1.29 is 23.8 Å². The van der Waals surface area contributed by atoms with E-state index in [2.05, 4.69) is 38.8 Å². The molecule has 5 rings (SSSR count). The second kappa shape index (κ2) is 9.98. The zero-order valence-corrected chi connectivity index (χ0v) is 19.2. The molecule has 0 aliphatic carbocycles. The van der Waals surface area contributed by atoms with Gasteiger partial charge in [-0.05, 0) is 53.9 Å². The van der Waals surface area contributed by atoms with Gasteiger partial charge in [0.2, 0.25) is 5.88 Å². The average molecular weight is 476 g/mol. The summed E-state index contributed by atoms with van der Waals surface area (Å²) in [5.41, 5.74) is 3.27. The van der Waals surface area contributed by atoms with Gasteiger partial charge in [0, 0.05) is 18.8 Å². The molecular weight excluding hydrogens is 450 g/mol. The molecule has 1 atom stereocenters. The van der Waals surface area contributed by atoms with Gasteiger partial charge in [0.25, 0.3) is 5.91 Å². The van der Waals surface area contributed by atoms with Gasteiger partial charge < -0.3 is 24.8 Å². The number of carbonyl (C=O) groups excluding carboxylic acids is 2. The number of carbonyl (C=O) groups is 2. The summed E-state index contributed by atoms with van der Waals surface area (Å²) < 4.78 is 16.1. The molecule has 3 aromatic rings. The summed E-state index contributed by atoms with van der Waals surface area (Å²) in [4.78, 5) is 33.9. The first kappa shape index (κ1) is 22.6. The lowest BCUT2D eigenvalue weighted by atomic mass is 10.0. The Kier molecular flexibility index (Phi) is 6.44. The van der Waals surface area contributed by atoms with Crippen molar-refractivity contribution >= 4 is 23.6 Å². The second-order valence-electron chi connectivity index (χ2n) is 8.22. The van der Waals surface area contributed by atoms with Gasteiger partial charge in [0.15, 0.2) is 18.2 Å². The maximum absolute atomic E-state index is 12.4. The highest BCUT2D eigenvalue weighted by atomic mass is 16.6. The van der Waals surface area contributed by atoms with Gasteiger partial charge >= 0.3 is 6.09 Å². The minimum atomic E-state index is -0.453. The number of aromatic nitrogens is 2. The summed E-state index contributed by atoms with van der Waals surface area (Å²) in [6, 6.07) is 15.5. The molecule has 1 aromatic carbocycles. The fourth-order valence-corrected chi connectivity index (χ4v) is 4.02. The maximum atomic E-state index is 12.4. The van der Waals surface area contributed by atoms with E-state index in [0.717, 1.165) is 16.7 Å². The SMILES string of the molecule is COc1cc(-c2cccc(CNCC[C@H]3CN(c4ccc5c(n4)NC(=O)CO5)C(=O)O3)c2)ccn1. The number of methoxy groups -OCH3 is 1. The third-order valence-electron chi connectivity index (χ3n) is 5.79. The van der Waals surface area contributed by atoms with Crippen molar-refractivity contribution in [3.63, 3.8) is 0 Å². The number of benzene rings is 1. The Balaban J connectivity index is 1.13. The fourth-order valence-electron chi connectivity index (χ4n) is 4.02. The molecule has 0 bridgehead atoms. The average Bonchev–Trinajstić information content (AvgIpc) is 3.26. The molecular formula is C25H25N5O5. The monoisotopic (exact) mass is 475 g/mol. The fraction of sp³-hybridized carbons (Fsp3) is 0.280. The van der Waals surface area contributed by atoms with Crippen LogP contribution in [0.15, 0.2) is 54.7 Å². The van der Waals surface area contributed by atoms with Gasteiger partial charge in [-0.2, -0.15) is 0 Å². The van der Waals surface area contributed by atoms with Gasteiger partial charge in [-0.25, -0.2) is 14.8 Å². The van der Waals surface area contributed by atoms with E-state index in [4.69, 9.17) is 14.2 Å². The molecule has 1 fully saturated rings. The Bertz CT molecular complexity index is 1250. The van der Waals surface area contributed by atoms with Crippen molar-refractivity contribution in [2.24, 2.45) is 0 Å². The number of anilines is 2. The molecule has 2 N–H and O–H groups in total. The van der Waals surface area contributed by atoms with Crippen molar-refractivity contribution in [1.82, 2.24) is 15.3 Å². The standard InChI is InChI=1S/C25H25N5O5/c1-33-23-12-18(7-10-27-23)17-4-2-3-16(11-17)13-26-9-8-19-14-30(25(32)35-19)21-6-5-20-24(28-21)29-22(31)15-34-20/h2-7,10-12,19,26H,8-9,13-15H2,1H3,(H,28,29,31)/t19-/m0/s1. The normalized spacial score (nSPS) is 16.8. The molecule has 2 amide bonds. The van der Waals surface area contributed by atoms with E-state index in [1.807, 2.05) is 18.2 Å². The lowest BCUT2D eigenvalue weighted by Gasteiger charge is -2.19. The van der Waals surface area contributed by atoms with Gasteiger partial charge in [0.05, 0.1) is 13.7 Å². The minimum absolute atomic E-state index is 0.0440. The van der Waals surface area contributed by atoms with Crippen molar-refractivity contribution in [3.8, 4) is 22.8 Å². The van der Waals surface area contributed by atoms with E-state index in [1.54, 1.807) is 25.4 Å². The van der Waals surface area contributed by atoms with Crippen LogP contribution in [0.3, 0.4) is 0 Å². The van der Waals surface area contributed by atoms with Crippen LogP contribution in [0, 0.1) is 0 Å². The third-order valence-corrected chi connectivity index (χ3v) is 5.79. The van der Waals surface area contributed by atoms with Crippen molar-refractivity contribution in [3.05, 3.63) is 60.3 Å². The number of hydrogen-bond donors (Lipinski definition) is 2. The number of pyridine rings is 2. The molecule has 1 saturated heterocycles. The number of ether oxygens (including phenoxy) is 3. The predicted molar refractivity (Wildman–Crippen MR) is 129 cm³/mol. The van der Waals surface area contributed by atoms with E-state index in [9.17, 15) is 9.59 Å². The summed E-state index contributed by atoms with van der Waals surface area (Å²) in [6.07, 6.45) is 1.68. The van der Waals surface area contributed by atoms with E-state index >= 15 is 0 Å². The van der Waals surface area contributed by atoms with Crippen LogP contribution in [-0.4, -0.2) is 54.9 Å². The highest BCUT2D eigenvalue weighted by molar-refractivity contribution is 5.95. The van der Waals surface area contributed by atoms with Crippen LogP contribution in [0.1, 0.15) is 12.0 Å². The Morgan fingerprint density at radius 3 is 2.94 bits per heavy atom. The number of nitrogens with one attached hydrogen (secondary N) is 2. The predicted octanol–water partition coefficient (Wildman–Crippen LogP) is 2.99. The first-order chi connectivity index (χ1) is 17.1. The highest BCUT2D eigenvalue weighted by Gasteiger charge is 2.33. The molecule has 0 radical (unpaired) electrons. The maximum Gasteiger partial charge on any atom is 0.415 e. The van der Waals surface area contributed by atoms with Crippen LogP contribution in [0.4, 0.5) is 16.4 Å². The zero-order valence-electron chi connectivity index (χ0n) is 19.2. The number of fused-ring (bicyclic) bond motifs is 1. The highest BCUT2D eigenvalue weighted by Crippen LogP contribution is 2.30. The minimum Gasteiger partial charge on any atom is -0.481 e. The molecule has 0 unspecified atom stereocenters. The van der Waals surface area contributed by atoms with E-state index < -0.39 is 6.09 Å². The molecule has 0 spiro atoms. The summed E-state index contributed by atoms with van der Waals surface area (Å²) in [5.74, 6) is 1.51. The topological polar surface area (TPSA) is 115 Å². The van der Waals surface area contributed by atoms with Gasteiger partial charge in [-0.15, -0.1) is 0 Å². The Labute approximate surface area is 202 Å². The van der Waals surface area contributed by atoms with E-state index in [-0.39, 0.29) is 18.6 Å². The molecule has 2 aromatic heterocycles. The number of rotatable bonds is 8. The smallest absolute Gasteiger partial charge is 0.415 e. The second-order valence-corrected chi connectivity index (χ2v) is 8.22. The molecule has 35 heavy (non-hydrogen) atoms.